The fraction of sp³-hybridized carbons (Fsp3) is 0.118. The molecule has 1 atom stereocenters. The van der Waals surface area contributed by atoms with Crippen molar-refractivity contribution < 1.29 is 9.18 Å². The van der Waals surface area contributed by atoms with E-state index in [0.717, 1.165) is 11.6 Å². The maximum atomic E-state index is 13.3. The summed E-state index contributed by atoms with van der Waals surface area (Å²) >= 11 is 0. The summed E-state index contributed by atoms with van der Waals surface area (Å²) in [5, 5.41) is 5.39. The number of aromatic amines is 1. The van der Waals surface area contributed by atoms with Gasteiger partial charge in [-0.05, 0) is 42.8 Å². The van der Waals surface area contributed by atoms with Crippen LogP contribution in [0.5, 0.6) is 0 Å². The van der Waals surface area contributed by atoms with E-state index in [1.165, 1.54) is 18.3 Å². The molecule has 3 aromatic rings. The Morgan fingerprint density at radius 2 is 2.00 bits per heavy atom. The van der Waals surface area contributed by atoms with Crippen LogP contribution < -0.4 is 16.1 Å². The quantitative estimate of drug-likeness (QED) is 0.691. The number of H-pyrrole nitrogens is 1. The number of anilines is 1. The average Bonchev–Trinajstić information content (AvgIpc) is 2.58. The van der Waals surface area contributed by atoms with Crippen molar-refractivity contribution in [3.05, 3.63) is 70.5 Å². The number of carbonyl (C=O) groups is 1. The molecule has 3 rings (SSSR count). The van der Waals surface area contributed by atoms with E-state index in [1.807, 2.05) is 6.92 Å². The van der Waals surface area contributed by atoms with Gasteiger partial charge in [0.2, 0.25) is 5.43 Å². The number of amides is 2. The first-order valence-electron chi connectivity index (χ1n) is 7.33. The van der Waals surface area contributed by atoms with Gasteiger partial charge in [-0.15, -0.1) is 0 Å². The highest BCUT2D eigenvalue weighted by Crippen LogP contribution is 2.13. The SMILES string of the molecule is CC(NC(=O)Nc1c[nH]c2ccc(F)cc2c1=O)c1ccncc1. The fourth-order valence-corrected chi connectivity index (χ4v) is 2.37. The van der Waals surface area contributed by atoms with Crippen molar-refractivity contribution in [2.45, 2.75) is 13.0 Å². The number of nitrogens with zero attached hydrogens (tertiary/aromatic N) is 1. The second-order valence-corrected chi connectivity index (χ2v) is 5.32. The molecule has 1 aromatic carbocycles. The van der Waals surface area contributed by atoms with Crippen molar-refractivity contribution in [1.29, 1.82) is 0 Å². The number of pyridine rings is 2. The molecule has 0 aliphatic carbocycles. The number of carbonyl (C=O) groups excluding carboxylic acids is 1. The van der Waals surface area contributed by atoms with E-state index in [4.69, 9.17) is 0 Å². The predicted octanol–water partition coefficient (Wildman–Crippen LogP) is 2.94. The maximum absolute atomic E-state index is 13.3. The van der Waals surface area contributed by atoms with Crippen molar-refractivity contribution >= 4 is 22.6 Å². The molecule has 0 saturated heterocycles. The zero-order chi connectivity index (χ0) is 17.1. The molecular formula is C17H15FN4O2. The largest absolute Gasteiger partial charge is 0.359 e. The first kappa shape index (κ1) is 15.7. The molecule has 0 fully saturated rings. The van der Waals surface area contributed by atoms with Gasteiger partial charge in [0, 0.05) is 24.1 Å². The van der Waals surface area contributed by atoms with Crippen LogP contribution >= 0.6 is 0 Å². The van der Waals surface area contributed by atoms with Crippen LogP contribution in [0.15, 0.2) is 53.7 Å². The van der Waals surface area contributed by atoms with Gasteiger partial charge in [-0.2, -0.15) is 0 Å². The molecule has 3 N–H and O–H groups in total. The Hall–Kier alpha value is -3.22. The van der Waals surface area contributed by atoms with E-state index >= 15 is 0 Å². The fourth-order valence-electron chi connectivity index (χ4n) is 2.37. The third kappa shape index (κ3) is 3.24. The molecule has 2 aromatic heterocycles. The van der Waals surface area contributed by atoms with Gasteiger partial charge in [-0.25, -0.2) is 9.18 Å². The minimum atomic E-state index is -0.527. The molecule has 0 spiro atoms. The smallest absolute Gasteiger partial charge is 0.319 e. The lowest BCUT2D eigenvalue weighted by Gasteiger charge is -2.14. The molecule has 24 heavy (non-hydrogen) atoms. The normalized spacial score (nSPS) is 11.9. The van der Waals surface area contributed by atoms with E-state index in [1.54, 1.807) is 24.5 Å². The summed E-state index contributed by atoms with van der Waals surface area (Å²) in [4.78, 5) is 31.2. The topological polar surface area (TPSA) is 86.9 Å². The van der Waals surface area contributed by atoms with Gasteiger partial charge in [-0.3, -0.25) is 9.78 Å². The van der Waals surface area contributed by atoms with E-state index in [2.05, 4.69) is 20.6 Å². The number of aromatic nitrogens is 2. The van der Waals surface area contributed by atoms with Crippen molar-refractivity contribution in [2.75, 3.05) is 5.32 Å². The highest BCUT2D eigenvalue weighted by molar-refractivity contribution is 5.92. The minimum Gasteiger partial charge on any atom is -0.359 e. The predicted molar refractivity (Wildman–Crippen MR) is 89.3 cm³/mol. The summed E-state index contributed by atoms with van der Waals surface area (Å²) in [5.74, 6) is -0.513. The minimum absolute atomic E-state index is 0.0486. The van der Waals surface area contributed by atoms with Crippen LogP contribution in [-0.2, 0) is 0 Å². The van der Waals surface area contributed by atoms with E-state index in [-0.39, 0.29) is 17.1 Å². The standard InChI is InChI=1S/C17H15FN4O2/c1-10(11-4-6-19-7-5-11)21-17(24)22-15-9-20-14-3-2-12(18)8-13(14)16(15)23/h2-10H,1H3,(H,20,23)(H2,21,22,24). The molecule has 0 bridgehead atoms. The third-order valence-corrected chi connectivity index (χ3v) is 3.64. The first-order chi connectivity index (χ1) is 11.5. The Morgan fingerprint density at radius 1 is 1.25 bits per heavy atom. The number of rotatable bonds is 3. The Morgan fingerprint density at radius 3 is 2.75 bits per heavy atom. The molecule has 2 amide bonds. The Labute approximate surface area is 136 Å². The third-order valence-electron chi connectivity index (χ3n) is 3.64. The lowest BCUT2D eigenvalue weighted by molar-refractivity contribution is 0.249. The van der Waals surface area contributed by atoms with Crippen LogP contribution in [0.3, 0.4) is 0 Å². The molecule has 0 radical (unpaired) electrons. The number of nitrogens with one attached hydrogen (secondary N) is 3. The lowest BCUT2D eigenvalue weighted by Crippen LogP contribution is -2.32. The van der Waals surface area contributed by atoms with Crippen LogP contribution in [0, 0.1) is 5.82 Å². The Kier molecular flexibility index (Phi) is 4.24. The van der Waals surface area contributed by atoms with Gasteiger partial charge < -0.3 is 15.6 Å². The first-order valence-corrected chi connectivity index (χ1v) is 7.33. The number of hydrogen-bond acceptors (Lipinski definition) is 3. The van der Waals surface area contributed by atoms with Crippen LogP contribution in [0.25, 0.3) is 10.9 Å². The monoisotopic (exact) mass is 326 g/mol. The second-order valence-electron chi connectivity index (χ2n) is 5.32. The Bertz CT molecular complexity index is 940. The van der Waals surface area contributed by atoms with Crippen molar-refractivity contribution in [1.82, 2.24) is 15.3 Å². The highest BCUT2D eigenvalue weighted by Gasteiger charge is 2.12. The molecule has 0 aliphatic rings. The number of benzene rings is 1. The van der Waals surface area contributed by atoms with E-state index in [0.29, 0.717) is 5.52 Å². The van der Waals surface area contributed by atoms with Gasteiger partial charge >= 0.3 is 6.03 Å². The van der Waals surface area contributed by atoms with Crippen molar-refractivity contribution in [3.8, 4) is 0 Å². The number of halogens is 1. The van der Waals surface area contributed by atoms with Gasteiger partial charge in [0.25, 0.3) is 0 Å². The maximum Gasteiger partial charge on any atom is 0.319 e. The number of fused-ring (bicyclic) bond motifs is 1. The number of hydrogen-bond donors (Lipinski definition) is 3. The summed E-state index contributed by atoms with van der Waals surface area (Å²) in [6.45, 7) is 1.81. The summed E-state index contributed by atoms with van der Waals surface area (Å²) in [6, 6.07) is 6.66. The summed E-state index contributed by atoms with van der Waals surface area (Å²) in [7, 11) is 0. The van der Waals surface area contributed by atoms with Gasteiger partial charge in [0.1, 0.15) is 11.5 Å². The molecular weight excluding hydrogens is 311 g/mol. The Balaban J connectivity index is 1.78. The van der Waals surface area contributed by atoms with Crippen LogP contribution in [-0.4, -0.2) is 16.0 Å². The molecule has 0 aliphatic heterocycles. The zero-order valence-corrected chi connectivity index (χ0v) is 12.8. The van der Waals surface area contributed by atoms with Gasteiger partial charge in [-0.1, -0.05) is 0 Å². The molecule has 122 valence electrons. The summed E-state index contributed by atoms with van der Waals surface area (Å²) in [5.41, 5.74) is 0.981. The van der Waals surface area contributed by atoms with Crippen LogP contribution in [0.4, 0.5) is 14.9 Å². The average molecular weight is 326 g/mol. The number of urea groups is 1. The second kappa shape index (κ2) is 6.49. The van der Waals surface area contributed by atoms with Crippen LogP contribution in [0.2, 0.25) is 0 Å². The van der Waals surface area contributed by atoms with Crippen molar-refractivity contribution in [2.24, 2.45) is 0 Å². The molecule has 2 heterocycles. The lowest BCUT2D eigenvalue weighted by atomic mass is 10.1. The highest BCUT2D eigenvalue weighted by atomic mass is 19.1. The van der Waals surface area contributed by atoms with Gasteiger partial charge in [0.15, 0.2) is 0 Å². The molecule has 7 heteroatoms. The van der Waals surface area contributed by atoms with Crippen LogP contribution in [0.1, 0.15) is 18.5 Å². The van der Waals surface area contributed by atoms with E-state index in [9.17, 15) is 14.0 Å². The van der Waals surface area contributed by atoms with E-state index < -0.39 is 17.3 Å². The summed E-state index contributed by atoms with van der Waals surface area (Å²) in [6.07, 6.45) is 4.65. The summed E-state index contributed by atoms with van der Waals surface area (Å²) < 4.78 is 13.3. The van der Waals surface area contributed by atoms with Gasteiger partial charge in [0.05, 0.1) is 11.4 Å². The zero-order valence-electron chi connectivity index (χ0n) is 12.8. The molecule has 6 nitrogen and oxygen atoms in total. The molecule has 0 saturated carbocycles. The van der Waals surface area contributed by atoms with Crippen molar-refractivity contribution in [3.63, 3.8) is 0 Å². The molecule has 1 unspecified atom stereocenters.